The standard InChI is InChI=1S/C24H37N3O3/c1-19(2)26-11-7-5-4-6-8-12-27(20(3)28)23-10-9-21(17-22(23)18-26)24(29)25-13-15-30-16-14-25/h9-10,17,19H,4-8,11-16,18H2,1-3H3. The van der Waals surface area contributed by atoms with Crippen LogP contribution in [0.1, 0.15) is 68.8 Å². The van der Waals surface area contributed by atoms with Crippen molar-refractivity contribution in [2.24, 2.45) is 0 Å². The minimum Gasteiger partial charge on any atom is -0.378 e. The molecule has 0 saturated carbocycles. The van der Waals surface area contributed by atoms with Crippen LogP contribution in [0.5, 0.6) is 0 Å². The van der Waals surface area contributed by atoms with Gasteiger partial charge in [0.1, 0.15) is 0 Å². The third-order valence-electron chi connectivity index (χ3n) is 6.23. The van der Waals surface area contributed by atoms with Gasteiger partial charge in [0.25, 0.3) is 5.91 Å². The largest absolute Gasteiger partial charge is 0.378 e. The van der Waals surface area contributed by atoms with Gasteiger partial charge in [0.15, 0.2) is 0 Å². The number of ether oxygens (including phenoxy) is 1. The fraction of sp³-hybridized carbons (Fsp3) is 0.667. The molecule has 0 atom stereocenters. The van der Waals surface area contributed by atoms with Crippen molar-refractivity contribution < 1.29 is 14.3 Å². The first-order chi connectivity index (χ1) is 14.5. The SMILES string of the molecule is CC(=O)N1CCCCCCCN(C(C)C)Cc2cc(C(=O)N3CCOCC3)ccc21. The average Bonchev–Trinajstić information content (AvgIpc) is 2.73. The van der Waals surface area contributed by atoms with Crippen LogP contribution in [0.4, 0.5) is 5.69 Å². The normalized spacial score (nSPS) is 19.7. The smallest absolute Gasteiger partial charge is 0.254 e. The van der Waals surface area contributed by atoms with Crippen molar-refractivity contribution in [1.82, 2.24) is 9.80 Å². The Labute approximate surface area is 181 Å². The molecule has 3 rings (SSSR count). The topological polar surface area (TPSA) is 53.1 Å². The molecule has 0 radical (unpaired) electrons. The maximum Gasteiger partial charge on any atom is 0.254 e. The van der Waals surface area contributed by atoms with Crippen LogP contribution >= 0.6 is 0 Å². The van der Waals surface area contributed by atoms with Crippen LogP contribution in [0.2, 0.25) is 0 Å². The van der Waals surface area contributed by atoms with Gasteiger partial charge in [0, 0.05) is 50.4 Å². The van der Waals surface area contributed by atoms with E-state index in [9.17, 15) is 9.59 Å². The zero-order valence-electron chi connectivity index (χ0n) is 18.9. The second kappa shape index (κ2) is 10.9. The molecule has 2 heterocycles. The van der Waals surface area contributed by atoms with Gasteiger partial charge in [-0.15, -0.1) is 0 Å². The number of hydrogen-bond acceptors (Lipinski definition) is 4. The predicted octanol–water partition coefficient (Wildman–Crippen LogP) is 3.69. The summed E-state index contributed by atoms with van der Waals surface area (Å²) in [7, 11) is 0. The molecular weight excluding hydrogens is 378 g/mol. The highest BCUT2D eigenvalue weighted by Gasteiger charge is 2.23. The van der Waals surface area contributed by atoms with Crippen molar-refractivity contribution in [3.05, 3.63) is 29.3 Å². The van der Waals surface area contributed by atoms with Crippen molar-refractivity contribution in [2.75, 3.05) is 44.3 Å². The van der Waals surface area contributed by atoms with E-state index in [-0.39, 0.29) is 11.8 Å². The number of morpholine rings is 1. The summed E-state index contributed by atoms with van der Waals surface area (Å²) >= 11 is 0. The summed E-state index contributed by atoms with van der Waals surface area (Å²) < 4.78 is 5.39. The number of benzene rings is 1. The molecule has 30 heavy (non-hydrogen) atoms. The summed E-state index contributed by atoms with van der Waals surface area (Å²) in [6.45, 7) is 11.1. The van der Waals surface area contributed by atoms with Gasteiger partial charge in [-0.1, -0.05) is 19.3 Å². The van der Waals surface area contributed by atoms with Crippen LogP contribution in [-0.2, 0) is 16.1 Å². The Kier molecular flexibility index (Phi) is 8.28. The van der Waals surface area contributed by atoms with Crippen LogP contribution < -0.4 is 4.90 Å². The first kappa shape index (κ1) is 22.8. The van der Waals surface area contributed by atoms with Crippen molar-refractivity contribution in [2.45, 2.75) is 65.5 Å². The predicted molar refractivity (Wildman–Crippen MR) is 120 cm³/mol. The van der Waals surface area contributed by atoms with Crippen molar-refractivity contribution in [3.63, 3.8) is 0 Å². The lowest BCUT2D eigenvalue weighted by Crippen LogP contribution is -2.41. The van der Waals surface area contributed by atoms with E-state index >= 15 is 0 Å². The molecular formula is C24H37N3O3. The molecule has 1 aromatic carbocycles. The van der Waals surface area contributed by atoms with Gasteiger partial charge < -0.3 is 14.5 Å². The molecule has 2 amide bonds. The maximum atomic E-state index is 13.1. The summed E-state index contributed by atoms with van der Waals surface area (Å²) in [6, 6.07) is 6.29. The number of hydrogen-bond donors (Lipinski definition) is 0. The van der Waals surface area contributed by atoms with Crippen LogP contribution in [0.3, 0.4) is 0 Å². The summed E-state index contributed by atoms with van der Waals surface area (Å²) in [5, 5.41) is 0. The molecule has 166 valence electrons. The quantitative estimate of drug-likeness (QED) is 0.739. The van der Waals surface area contributed by atoms with Crippen LogP contribution in [0.25, 0.3) is 0 Å². The molecule has 0 aliphatic carbocycles. The Morgan fingerprint density at radius 2 is 1.60 bits per heavy atom. The second-order valence-corrected chi connectivity index (χ2v) is 8.75. The number of amides is 2. The average molecular weight is 416 g/mol. The van der Waals surface area contributed by atoms with E-state index in [0.717, 1.165) is 43.7 Å². The zero-order chi connectivity index (χ0) is 21.5. The van der Waals surface area contributed by atoms with Gasteiger partial charge in [-0.3, -0.25) is 14.5 Å². The fourth-order valence-corrected chi connectivity index (χ4v) is 4.36. The summed E-state index contributed by atoms with van der Waals surface area (Å²) in [5.41, 5.74) is 2.72. The maximum absolute atomic E-state index is 13.1. The fourth-order valence-electron chi connectivity index (χ4n) is 4.36. The Hall–Kier alpha value is -1.92. The third kappa shape index (κ3) is 5.82. The first-order valence-corrected chi connectivity index (χ1v) is 11.5. The summed E-state index contributed by atoms with van der Waals surface area (Å²) in [6.07, 6.45) is 5.80. The lowest BCUT2D eigenvalue weighted by molar-refractivity contribution is -0.116. The van der Waals surface area contributed by atoms with Crippen LogP contribution in [0, 0.1) is 0 Å². The third-order valence-corrected chi connectivity index (χ3v) is 6.23. The molecule has 2 aliphatic heterocycles. The van der Waals surface area contributed by atoms with Gasteiger partial charge in [-0.05, 0) is 57.0 Å². The van der Waals surface area contributed by atoms with Crippen LogP contribution in [0.15, 0.2) is 18.2 Å². The number of fused-ring (bicyclic) bond motifs is 1. The molecule has 6 heteroatoms. The van der Waals surface area contributed by atoms with Gasteiger partial charge in [0.05, 0.1) is 13.2 Å². The lowest BCUT2D eigenvalue weighted by atomic mass is 10.0. The van der Waals surface area contributed by atoms with Crippen LogP contribution in [-0.4, -0.2) is 67.0 Å². The van der Waals surface area contributed by atoms with E-state index in [0.29, 0.717) is 37.9 Å². The second-order valence-electron chi connectivity index (χ2n) is 8.75. The van der Waals surface area contributed by atoms with Crippen molar-refractivity contribution in [3.8, 4) is 0 Å². The lowest BCUT2D eigenvalue weighted by Gasteiger charge is -2.32. The van der Waals surface area contributed by atoms with E-state index < -0.39 is 0 Å². The number of nitrogens with zero attached hydrogens (tertiary/aromatic N) is 3. The molecule has 1 fully saturated rings. The van der Waals surface area contributed by atoms with Crippen molar-refractivity contribution >= 4 is 17.5 Å². The highest BCUT2D eigenvalue weighted by molar-refractivity contribution is 5.97. The Morgan fingerprint density at radius 1 is 0.933 bits per heavy atom. The highest BCUT2D eigenvalue weighted by Crippen LogP contribution is 2.27. The van der Waals surface area contributed by atoms with Gasteiger partial charge in [-0.25, -0.2) is 0 Å². The van der Waals surface area contributed by atoms with E-state index in [4.69, 9.17) is 4.74 Å². The first-order valence-electron chi connectivity index (χ1n) is 11.5. The van der Waals surface area contributed by atoms with E-state index in [1.165, 1.54) is 19.3 Å². The number of rotatable bonds is 2. The minimum absolute atomic E-state index is 0.0534. The monoisotopic (exact) mass is 415 g/mol. The van der Waals surface area contributed by atoms with E-state index in [2.05, 4.69) is 18.7 Å². The molecule has 0 aromatic heterocycles. The van der Waals surface area contributed by atoms with Gasteiger partial charge in [0.2, 0.25) is 5.91 Å². The minimum atomic E-state index is 0.0534. The van der Waals surface area contributed by atoms with E-state index in [1.807, 2.05) is 28.0 Å². The highest BCUT2D eigenvalue weighted by atomic mass is 16.5. The molecule has 0 bridgehead atoms. The molecule has 6 nitrogen and oxygen atoms in total. The molecule has 2 aliphatic rings. The van der Waals surface area contributed by atoms with E-state index in [1.54, 1.807) is 6.92 Å². The zero-order valence-corrected chi connectivity index (χ0v) is 18.9. The Balaban J connectivity index is 1.96. The molecule has 0 spiro atoms. The molecule has 1 aromatic rings. The summed E-state index contributed by atoms with van der Waals surface area (Å²) in [4.78, 5) is 31.8. The number of anilines is 1. The van der Waals surface area contributed by atoms with Gasteiger partial charge in [-0.2, -0.15) is 0 Å². The summed E-state index contributed by atoms with van der Waals surface area (Å²) in [5.74, 6) is 0.120. The Bertz CT molecular complexity index is 728. The Morgan fingerprint density at radius 3 is 2.27 bits per heavy atom. The molecule has 1 saturated heterocycles. The number of carbonyl (C=O) groups excluding carboxylic acids is 2. The van der Waals surface area contributed by atoms with Crippen molar-refractivity contribution in [1.29, 1.82) is 0 Å². The van der Waals surface area contributed by atoms with Gasteiger partial charge >= 0.3 is 0 Å². The number of carbonyl (C=O) groups is 2. The molecule has 0 unspecified atom stereocenters. The molecule has 0 N–H and O–H groups in total.